The monoisotopic (exact) mass is 848 g/mol. The lowest BCUT2D eigenvalue weighted by Gasteiger charge is -2.39. The summed E-state index contributed by atoms with van der Waals surface area (Å²) in [7, 11) is 0. The summed E-state index contributed by atoms with van der Waals surface area (Å²) in [6.45, 7) is 5.43. The van der Waals surface area contributed by atoms with Crippen LogP contribution in [-0.2, 0) is 25.6 Å². The van der Waals surface area contributed by atoms with Gasteiger partial charge in [0.2, 0.25) is 17.7 Å². The average Bonchev–Trinajstić information content (AvgIpc) is 3.90. The van der Waals surface area contributed by atoms with Crippen LogP contribution in [0.5, 0.6) is 0 Å². The van der Waals surface area contributed by atoms with Gasteiger partial charge in [-0.15, -0.1) is 0 Å². The fraction of sp³-hybridized carbons (Fsp3) is 0.465. The molecule has 19 heteroatoms. The number of carboxylic acids is 1. The number of carboxylic acid groups (broad SMARTS) is 1. The summed E-state index contributed by atoms with van der Waals surface area (Å²) in [5.41, 5.74) is 4.58. The predicted molar refractivity (Wildman–Crippen MR) is 228 cm³/mol. The van der Waals surface area contributed by atoms with E-state index in [9.17, 15) is 28.8 Å². The van der Waals surface area contributed by atoms with E-state index in [1.807, 2.05) is 37.3 Å². The molecule has 3 saturated heterocycles. The molecule has 0 bridgehead atoms. The Kier molecular flexibility index (Phi) is 12.5. The second-order valence-electron chi connectivity index (χ2n) is 16.6. The van der Waals surface area contributed by atoms with Crippen LogP contribution in [-0.4, -0.2) is 144 Å². The Morgan fingerprint density at radius 1 is 0.855 bits per heavy atom. The van der Waals surface area contributed by atoms with Crippen LogP contribution in [0.25, 0.3) is 22.1 Å². The van der Waals surface area contributed by atoms with Gasteiger partial charge in [0.15, 0.2) is 5.65 Å². The first-order valence-electron chi connectivity index (χ1n) is 21.3. The Morgan fingerprint density at radius 2 is 1.58 bits per heavy atom. The van der Waals surface area contributed by atoms with Gasteiger partial charge in [-0.05, 0) is 86.4 Å². The minimum absolute atomic E-state index is 0.0304. The third-order valence-corrected chi connectivity index (χ3v) is 12.5. The zero-order valence-electron chi connectivity index (χ0n) is 34.7. The van der Waals surface area contributed by atoms with E-state index in [2.05, 4.69) is 40.7 Å². The number of piperidine rings is 2. The van der Waals surface area contributed by atoms with Gasteiger partial charge in [0.1, 0.15) is 18.5 Å². The molecule has 0 saturated carbocycles. The van der Waals surface area contributed by atoms with Gasteiger partial charge in [-0.3, -0.25) is 38.8 Å². The lowest BCUT2D eigenvalue weighted by atomic mass is 9.89. The smallest absolute Gasteiger partial charge is 0.327 e. The minimum atomic E-state index is -1.18. The second-order valence-corrected chi connectivity index (χ2v) is 16.6. The van der Waals surface area contributed by atoms with Crippen LogP contribution >= 0.6 is 0 Å². The van der Waals surface area contributed by atoms with E-state index in [1.165, 1.54) is 0 Å². The minimum Gasteiger partial charge on any atom is -0.481 e. The second kappa shape index (κ2) is 18.4. The van der Waals surface area contributed by atoms with Crippen molar-refractivity contribution < 1.29 is 29.1 Å². The highest BCUT2D eigenvalue weighted by atomic mass is 16.4. The quantitative estimate of drug-likeness (QED) is 0.114. The Bertz CT molecular complexity index is 2480. The van der Waals surface area contributed by atoms with Gasteiger partial charge in [-0.25, -0.2) is 14.6 Å². The Hall–Kier alpha value is -6.79. The number of carbonyl (C=O) groups excluding carboxylic acids is 4. The van der Waals surface area contributed by atoms with Crippen molar-refractivity contribution in [1.29, 1.82) is 0 Å². The Labute approximate surface area is 356 Å². The van der Waals surface area contributed by atoms with Crippen LogP contribution in [0.3, 0.4) is 0 Å². The van der Waals surface area contributed by atoms with Crippen LogP contribution in [0.15, 0.2) is 66.0 Å². The highest BCUT2D eigenvalue weighted by Crippen LogP contribution is 2.27. The summed E-state index contributed by atoms with van der Waals surface area (Å²) in [5, 5.41) is 23.3. The number of imidazole rings is 1. The van der Waals surface area contributed by atoms with Crippen molar-refractivity contribution in [2.75, 3.05) is 57.3 Å². The van der Waals surface area contributed by atoms with Gasteiger partial charge in [-0.2, -0.15) is 5.10 Å². The molecule has 5 N–H and O–H groups in total. The number of pyridine rings is 2. The van der Waals surface area contributed by atoms with Crippen molar-refractivity contribution in [2.24, 2.45) is 5.92 Å². The van der Waals surface area contributed by atoms with Gasteiger partial charge in [0.25, 0.3) is 0 Å². The number of aliphatic carboxylic acids is 1. The molecule has 3 aliphatic rings. The van der Waals surface area contributed by atoms with Crippen molar-refractivity contribution in [3.05, 3.63) is 82.8 Å². The molecule has 7 heterocycles. The fourth-order valence-electron chi connectivity index (χ4n) is 9.21. The number of anilines is 1. The molecule has 3 fully saturated rings. The van der Waals surface area contributed by atoms with Gasteiger partial charge >= 0.3 is 17.7 Å². The number of rotatable bonds is 12. The number of aryl methyl sites for hydroxylation is 1. The molecule has 0 spiro atoms. The lowest BCUT2D eigenvalue weighted by molar-refractivity contribution is -0.145. The topological polar surface area (TPSA) is 235 Å². The standard InChI is InChI=1S/C43H52N12O7/c1-27-21-29(22-30-26-46-50-38(27)30)24-33(48-42(61)54-15-8-32(9-16-54)55-35-3-2-10-45-39(35)49-43(55)62)40(59)47-34(23-28-6-13-52(14-7-28)36(56)25-37(57)58)41(60)53-19-17-51(18-20-53)31-4-11-44-12-5-31/h2-5,10-12,21-22,26,28,32-34H,6-9,13-20,23-25H2,1H3,(H,46,50)(H,47,59)(H,48,61)(H,57,58)(H,45,49,62)/t33-,34-/m1/s1. The Balaban J connectivity index is 0.995. The highest BCUT2D eigenvalue weighted by molar-refractivity contribution is 5.94. The van der Waals surface area contributed by atoms with Crippen molar-refractivity contribution in [3.63, 3.8) is 0 Å². The maximum absolute atomic E-state index is 14.7. The molecule has 1 aromatic carbocycles. The summed E-state index contributed by atoms with van der Waals surface area (Å²) in [6.07, 6.45) is 8.81. The van der Waals surface area contributed by atoms with Crippen molar-refractivity contribution in [3.8, 4) is 0 Å². The van der Waals surface area contributed by atoms with Gasteiger partial charge < -0.3 is 35.3 Å². The van der Waals surface area contributed by atoms with E-state index in [0.29, 0.717) is 95.6 Å². The molecule has 5 amide bonds. The predicted octanol–water partition coefficient (Wildman–Crippen LogP) is 2.20. The summed E-state index contributed by atoms with van der Waals surface area (Å²) >= 11 is 0. The zero-order valence-corrected chi connectivity index (χ0v) is 34.7. The molecule has 326 valence electrons. The molecular formula is C43H52N12O7. The fourth-order valence-corrected chi connectivity index (χ4v) is 9.21. The number of hydrogen-bond acceptors (Lipinski definition) is 10. The SMILES string of the molecule is Cc1cc(C[C@@H](NC(=O)N2CCC(n3c(=O)[nH]c4ncccc43)CC2)C(=O)N[C@H](CC2CCN(C(=O)CC(=O)O)CC2)C(=O)N2CCN(c3ccncc3)CC2)cc2cn[nH]c12. The number of aromatic nitrogens is 6. The first kappa shape index (κ1) is 41.9. The first-order valence-corrected chi connectivity index (χ1v) is 21.3. The first-order chi connectivity index (χ1) is 30.0. The zero-order chi connectivity index (χ0) is 43.3. The molecule has 0 aliphatic carbocycles. The van der Waals surface area contributed by atoms with E-state index in [-0.39, 0.29) is 30.0 Å². The van der Waals surface area contributed by atoms with Crippen molar-refractivity contribution in [1.82, 2.24) is 55.0 Å². The van der Waals surface area contributed by atoms with Gasteiger partial charge in [-0.1, -0.05) is 6.07 Å². The maximum atomic E-state index is 14.7. The van der Waals surface area contributed by atoms with Crippen LogP contribution in [0, 0.1) is 12.8 Å². The molecule has 62 heavy (non-hydrogen) atoms. The van der Waals surface area contributed by atoms with E-state index in [4.69, 9.17) is 5.11 Å². The maximum Gasteiger partial charge on any atom is 0.327 e. The summed E-state index contributed by atoms with van der Waals surface area (Å²) in [6, 6.07) is 8.83. The molecule has 0 radical (unpaired) electrons. The van der Waals surface area contributed by atoms with Gasteiger partial charge in [0.05, 0.1) is 17.2 Å². The number of carbonyl (C=O) groups is 5. The molecule has 2 atom stereocenters. The number of fused-ring (bicyclic) bond motifs is 2. The highest BCUT2D eigenvalue weighted by Gasteiger charge is 2.36. The summed E-state index contributed by atoms with van der Waals surface area (Å²) < 4.78 is 1.70. The van der Waals surface area contributed by atoms with E-state index >= 15 is 0 Å². The van der Waals surface area contributed by atoms with Crippen molar-refractivity contribution in [2.45, 2.75) is 70.0 Å². The van der Waals surface area contributed by atoms with Crippen LogP contribution < -0.4 is 21.2 Å². The number of H-pyrrole nitrogens is 2. The number of piperazine rings is 1. The largest absolute Gasteiger partial charge is 0.481 e. The number of likely N-dealkylation sites (tertiary alicyclic amines) is 2. The lowest BCUT2D eigenvalue weighted by Crippen LogP contribution is -2.59. The number of amides is 5. The number of aromatic amines is 2. The van der Waals surface area contributed by atoms with Crippen LogP contribution in [0.1, 0.15) is 55.7 Å². The molecule has 19 nitrogen and oxygen atoms in total. The number of benzene rings is 1. The molecular weight excluding hydrogens is 797 g/mol. The third kappa shape index (κ3) is 9.40. The number of urea groups is 1. The summed E-state index contributed by atoms with van der Waals surface area (Å²) in [5.74, 6) is -2.38. The van der Waals surface area contributed by atoms with E-state index in [1.54, 1.807) is 50.1 Å². The number of nitrogens with zero attached hydrogens (tertiary/aromatic N) is 8. The molecule has 4 aromatic heterocycles. The summed E-state index contributed by atoms with van der Waals surface area (Å²) in [4.78, 5) is 98.2. The van der Waals surface area contributed by atoms with Crippen LogP contribution in [0.4, 0.5) is 10.5 Å². The normalized spacial score (nSPS) is 17.6. The molecule has 5 aromatic rings. The Morgan fingerprint density at radius 3 is 2.31 bits per heavy atom. The third-order valence-electron chi connectivity index (χ3n) is 12.5. The molecule has 3 aliphatic heterocycles. The molecule has 8 rings (SSSR count). The van der Waals surface area contributed by atoms with Crippen molar-refractivity contribution >= 4 is 57.5 Å². The molecule has 0 unspecified atom stereocenters. The van der Waals surface area contributed by atoms with E-state index in [0.717, 1.165) is 27.7 Å². The van der Waals surface area contributed by atoms with E-state index < -0.39 is 42.3 Å². The average molecular weight is 849 g/mol. The number of nitrogens with one attached hydrogen (secondary N) is 4. The van der Waals surface area contributed by atoms with Gasteiger partial charge in [0, 0.05) is 94.5 Å². The van der Waals surface area contributed by atoms with Crippen LogP contribution in [0.2, 0.25) is 0 Å². The number of hydrogen-bond donors (Lipinski definition) is 5.